The van der Waals surface area contributed by atoms with Crippen LogP contribution < -0.4 is 10.1 Å². The molecule has 0 aromatic heterocycles. The lowest BCUT2D eigenvalue weighted by Crippen LogP contribution is -2.09. The summed E-state index contributed by atoms with van der Waals surface area (Å²) in [5, 5.41) is 11.9. The zero-order chi connectivity index (χ0) is 19.7. The van der Waals surface area contributed by atoms with Gasteiger partial charge in [-0.2, -0.15) is 0 Å². The Kier molecular flexibility index (Phi) is 4.45. The van der Waals surface area contributed by atoms with E-state index in [1.807, 2.05) is 0 Å². The number of phenols is 1. The van der Waals surface area contributed by atoms with Crippen LogP contribution in [0.1, 0.15) is 5.56 Å². The second kappa shape index (κ2) is 5.90. The molecular weight excluding hydrogens is 381 g/mol. The number of ether oxygens (including phenoxy) is 1. The van der Waals surface area contributed by atoms with Crippen molar-refractivity contribution in [2.24, 2.45) is 0 Å². The average Bonchev–Trinajstić information content (AvgIpc) is 2.51. The van der Waals surface area contributed by atoms with Gasteiger partial charge in [-0.25, -0.2) is 0 Å². The monoisotopic (exact) mass is 395 g/mol. The number of benzene rings is 2. The first-order chi connectivity index (χ1) is 11.8. The quantitative estimate of drug-likeness (QED) is 0.504. The number of hydrogen-bond acceptors (Lipinski definition) is 3. The lowest BCUT2D eigenvalue weighted by Gasteiger charge is -2.40. The van der Waals surface area contributed by atoms with Gasteiger partial charge in [-0.1, -0.05) is 25.5 Å². The third-order valence-electron chi connectivity index (χ3n) is 3.20. The van der Waals surface area contributed by atoms with E-state index < -0.39 is 21.0 Å². The normalized spacial score (nSPS) is 14.5. The number of carbonyl (C=O) groups is 1. The molecule has 0 fully saturated rings. The highest BCUT2D eigenvalue weighted by atomic mass is 32.5. The molecule has 4 nitrogen and oxygen atoms in total. The number of halogens is 5. The fourth-order valence-corrected chi connectivity index (χ4v) is 2.61. The Hall–Kier alpha value is -2.75. The molecule has 0 saturated heterocycles. The maximum atomic E-state index is 12.6. The Morgan fingerprint density at radius 3 is 2.19 bits per heavy atom. The minimum absolute atomic E-state index is 0.0807. The van der Waals surface area contributed by atoms with Gasteiger partial charge in [0, 0.05) is 11.8 Å². The van der Waals surface area contributed by atoms with E-state index in [0.717, 1.165) is 18.2 Å². The summed E-state index contributed by atoms with van der Waals surface area (Å²) in [5.74, 6) is -0.585. The van der Waals surface area contributed by atoms with Crippen LogP contribution in [-0.4, -0.2) is 18.1 Å². The molecule has 0 aliphatic heterocycles. The van der Waals surface area contributed by atoms with Gasteiger partial charge in [0.15, 0.2) is 11.5 Å². The molecule has 0 spiro atoms. The van der Waals surface area contributed by atoms with Crippen molar-refractivity contribution in [3.8, 4) is 11.5 Å². The number of aromatic hydroxyl groups is 1. The first-order valence-electron chi connectivity index (χ1n) is 6.99. The molecule has 10 heteroatoms. The standard InChI is InChI=1S/C16H14F5NO3S/c1-25-15-8-2-11(10-14(15)23)3-9-16(24)22-12-4-6-13(7-5-12)26(17,18,19,20)21/h2-10,23H,1H3,(H,22,24). The number of amides is 1. The second-order valence-electron chi connectivity index (χ2n) is 5.25. The van der Waals surface area contributed by atoms with Crippen LogP contribution in [0.4, 0.5) is 25.1 Å². The minimum Gasteiger partial charge on any atom is -0.504 e. The number of nitrogens with one attached hydrogen (secondary N) is 1. The van der Waals surface area contributed by atoms with Gasteiger partial charge < -0.3 is 15.2 Å². The Morgan fingerprint density at radius 1 is 1.08 bits per heavy atom. The molecular formula is C16H14F5NO3S. The van der Waals surface area contributed by atoms with E-state index in [4.69, 9.17) is 4.74 Å². The zero-order valence-electron chi connectivity index (χ0n) is 13.3. The van der Waals surface area contributed by atoms with Crippen LogP contribution in [0, 0.1) is 0 Å². The average molecular weight is 395 g/mol. The van der Waals surface area contributed by atoms with E-state index in [9.17, 15) is 29.3 Å². The predicted molar refractivity (Wildman–Crippen MR) is 90.2 cm³/mol. The van der Waals surface area contributed by atoms with E-state index in [1.54, 1.807) is 6.07 Å². The van der Waals surface area contributed by atoms with Gasteiger partial charge in [-0.05, 0) is 48.0 Å². The number of methoxy groups -OCH3 is 1. The highest BCUT2D eigenvalue weighted by Gasteiger charge is 2.65. The zero-order valence-corrected chi connectivity index (χ0v) is 14.1. The third kappa shape index (κ3) is 5.12. The Balaban J connectivity index is 2.08. The highest BCUT2D eigenvalue weighted by Crippen LogP contribution is 3.02. The second-order valence-corrected chi connectivity index (χ2v) is 7.66. The molecule has 0 bridgehead atoms. The van der Waals surface area contributed by atoms with E-state index in [0.29, 0.717) is 5.56 Å². The molecule has 1 amide bonds. The molecule has 0 saturated carbocycles. The number of carbonyl (C=O) groups excluding carboxylic acids is 1. The molecule has 2 aromatic carbocycles. The van der Waals surface area contributed by atoms with Crippen LogP contribution in [0.5, 0.6) is 11.5 Å². The molecule has 0 unspecified atom stereocenters. The van der Waals surface area contributed by atoms with E-state index in [2.05, 4.69) is 5.32 Å². The summed E-state index contributed by atoms with van der Waals surface area (Å²) in [6, 6.07) is 6.27. The molecule has 0 atom stereocenters. The largest absolute Gasteiger partial charge is 0.504 e. The predicted octanol–water partition coefficient (Wildman–Crippen LogP) is 5.71. The van der Waals surface area contributed by atoms with E-state index in [-0.39, 0.29) is 29.3 Å². The molecule has 2 aromatic rings. The summed E-state index contributed by atoms with van der Waals surface area (Å²) in [5.41, 5.74) is 0.387. The topological polar surface area (TPSA) is 58.6 Å². The molecule has 0 aliphatic rings. The number of rotatable bonds is 5. The number of hydrogen-bond donors (Lipinski definition) is 2. The van der Waals surface area contributed by atoms with Crippen molar-refractivity contribution in [2.75, 3.05) is 12.4 Å². The molecule has 0 heterocycles. The molecule has 0 aliphatic carbocycles. The lowest BCUT2D eigenvalue weighted by atomic mass is 10.2. The fourth-order valence-electron chi connectivity index (χ4n) is 1.96. The molecule has 0 radical (unpaired) electrons. The number of anilines is 1. The van der Waals surface area contributed by atoms with Crippen LogP contribution in [0.25, 0.3) is 6.08 Å². The smallest absolute Gasteiger partial charge is 0.310 e. The maximum Gasteiger partial charge on any atom is 0.310 e. The molecule has 26 heavy (non-hydrogen) atoms. The molecule has 142 valence electrons. The maximum absolute atomic E-state index is 12.6. The molecule has 2 N–H and O–H groups in total. The van der Waals surface area contributed by atoms with Crippen LogP contribution >= 0.6 is 10.2 Å². The highest BCUT2D eigenvalue weighted by molar-refractivity contribution is 8.45. The van der Waals surface area contributed by atoms with E-state index >= 15 is 0 Å². The van der Waals surface area contributed by atoms with Crippen molar-refractivity contribution in [3.63, 3.8) is 0 Å². The van der Waals surface area contributed by atoms with Gasteiger partial charge in [0.05, 0.1) is 7.11 Å². The van der Waals surface area contributed by atoms with Crippen molar-refractivity contribution in [2.45, 2.75) is 4.90 Å². The molecule has 2 rings (SSSR count). The van der Waals surface area contributed by atoms with Crippen molar-refractivity contribution in [3.05, 3.63) is 54.1 Å². The number of phenolic OH excluding ortho intramolecular Hbond substituents is 1. The third-order valence-corrected chi connectivity index (χ3v) is 4.36. The summed E-state index contributed by atoms with van der Waals surface area (Å²) in [4.78, 5) is 9.72. The summed E-state index contributed by atoms with van der Waals surface area (Å²) < 4.78 is 67.9. The van der Waals surface area contributed by atoms with Crippen molar-refractivity contribution < 1.29 is 34.1 Å². The van der Waals surface area contributed by atoms with E-state index in [1.165, 1.54) is 25.3 Å². The first kappa shape index (κ1) is 19.6. The van der Waals surface area contributed by atoms with Crippen molar-refractivity contribution in [1.29, 1.82) is 0 Å². The van der Waals surface area contributed by atoms with Gasteiger partial charge in [0.2, 0.25) is 5.91 Å². The van der Waals surface area contributed by atoms with Crippen LogP contribution in [0.2, 0.25) is 0 Å². The Labute approximate surface area is 145 Å². The van der Waals surface area contributed by atoms with Crippen LogP contribution in [-0.2, 0) is 4.79 Å². The summed E-state index contributed by atoms with van der Waals surface area (Å²) in [6.07, 6.45) is 2.41. The fraction of sp³-hybridized carbons (Fsp3) is 0.0625. The SMILES string of the molecule is COc1ccc(C=CC(=O)Nc2ccc(S(F)(F)(F)(F)F)cc2)cc1O. The van der Waals surface area contributed by atoms with Gasteiger partial charge >= 0.3 is 10.2 Å². The van der Waals surface area contributed by atoms with Crippen LogP contribution in [0.15, 0.2) is 53.4 Å². The summed E-state index contributed by atoms with van der Waals surface area (Å²) in [6.45, 7) is 0. The van der Waals surface area contributed by atoms with Crippen LogP contribution in [0.3, 0.4) is 0 Å². The van der Waals surface area contributed by atoms with Gasteiger partial charge in [0.25, 0.3) is 0 Å². The summed E-state index contributed by atoms with van der Waals surface area (Å²) in [7, 11) is -8.36. The minimum atomic E-state index is -9.74. The lowest BCUT2D eigenvalue weighted by molar-refractivity contribution is -0.111. The van der Waals surface area contributed by atoms with Gasteiger partial charge in [0.1, 0.15) is 4.90 Å². The summed E-state index contributed by atoms with van der Waals surface area (Å²) >= 11 is 0. The van der Waals surface area contributed by atoms with Gasteiger partial charge in [-0.3, -0.25) is 4.79 Å². The van der Waals surface area contributed by atoms with Crippen molar-refractivity contribution in [1.82, 2.24) is 0 Å². The van der Waals surface area contributed by atoms with Gasteiger partial charge in [-0.15, -0.1) is 0 Å². The first-order valence-corrected chi connectivity index (χ1v) is 8.94. The Bertz CT molecular complexity index is 864. The Morgan fingerprint density at radius 2 is 1.69 bits per heavy atom. The van der Waals surface area contributed by atoms with Crippen molar-refractivity contribution >= 4 is 27.9 Å².